The van der Waals surface area contributed by atoms with E-state index in [-0.39, 0.29) is 31.0 Å². The molecule has 5 nitrogen and oxygen atoms in total. The molecule has 2 aromatic rings. The monoisotopic (exact) mass is 322 g/mol. The number of aliphatic hydroxyl groups excluding tert-OH is 1. The van der Waals surface area contributed by atoms with E-state index in [4.69, 9.17) is 10.8 Å². The number of carbonyl (C=O) groups is 1. The molecule has 1 aromatic carbocycles. The zero-order valence-corrected chi connectivity index (χ0v) is 13.0. The van der Waals surface area contributed by atoms with E-state index < -0.39 is 0 Å². The first kappa shape index (κ1) is 18.1. The third-order valence-electron chi connectivity index (χ3n) is 3.11. The second-order valence-electron chi connectivity index (χ2n) is 4.73. The molecular weight excluding hydrogens is 304 g/mol. The molecule has 1 heterocycles. The summed E-state index contributed by atoms with van der Waals surface area (Å²) in [4.78, 5) is 15.9. The molecule has 0 radical (unpaired) electrons. The van der Waals surface area contributed by atoms with Crippen LogP contribution in [0.15, 0.2) is 42.5 Å². The number of methoxy groups -OCH3 is 1. The fraction of sp³-hybridized carbons (Fsp3) is 0.250. The summed E-state index contributed by atoms with van der Waals surface area (Å²) < 4.78 is 4.66. The van der Waals surface area contributed by atoms with Gasteiger partial charge in [-0.15, -0.1) is 12.4 Å². The van der Waals surface area contributed by atoms with Crippen LogP contribution in [-0.4, -0.2) is 35.8 Å². The minimum atomic E-state index is -0.364. The van der Waals surface area contributed by atoms with E-state index in [1.54, 1.807) is 12.1 Å². The number of halogens is 1. The average Bonchev–Trinajstić information content (AvgIpc) is 2.54. The molecule has 0 aliphatic rings. The van der Waals surface area contributed by atoms with Crippen molar-refractivity contribution in [3.8, 4) is 11.3 Å². The van der Waals surface area contributed by atoms with Gasteiger partial charge < -0.3 is 15.6 Å². The fourth-order valence-electron chi connectivity index (χ4n) is 1.98. The molecule has 0 bridgehead atoms. The number of nitrogens with zero attached hydrogens (tertiary/aromatic N) is 1. The highest BCUT2D eigenvalue weighted by Crippen LogP contribution is 2.18. The van der Waals surface area contributed by atoms with Gasteiger partial charge in [0.25, 0.3) is 0 Å². The highest BCUT2D eigenvalue weighted by Gasteiger charge is 2.08. The van der Waals surface area contributed by atoms with E-state index >= 15 is 0 Å². The number of carbonyl (C=O) groups excluding carboxylic acids is 1. The van der Waals surface area contributed by atoms with Crippen LogP contribution in [0.4, 0.5) is 0 Å². The van der Waals surface area contributed by atoms with Gasteiger partial charge in [-0.2, -0.15) is 0 Å². The number of rotatable bonds is 5. The summed E-state index contributed by atoms with van der Waals surface area (Å²) >= 11 is 0. The molecule has 0 spiro atoms. The Balaban J connectivity index is 0.00000242. The van der Waals surface area contributed by atoms with E-state index in [1.807, 2.05) is 30.3 Å². The van der Waals surface area contributed by atoms with Crippen LogP contribution < -0.4 is 5.73 Å². The van der Waals surface area contributed by atoms with Crippen LogP contribution in [0, 0.1) is 0 Å². The summed E-state index contributed by atoms with van der Waals surface area (Å²) in [6.45, 7) is -0.0697. The molecule has 3 N–H and O–H groups in total. The lowest BCUT2D eigenvalue weighted by Crippen LogP contribution is -2.27. The van der Waals surface area contributed by atoms with Gasteiger partial charge in [0.15, 0.2) is 0 Å². The molecule has 2 rings (SSSR count). The summed E-state index contributed by atoms with van der Waals surface area (Å²) in [5, 5.41) is 8.99. The van der Waals surface area contributed by atoms with Gasteiger partial charge in [0.2, 0.25) is 0 Å². The van der Waals surface area contributed by atoms with Crippen LogP contribution in [0.2, 0.25) is 0 Å². The minimum absolute atomic E-state index is 0. The van der Waals surface area contributed by atoms with Gasteiger partial charge in [-0.1, -0.05) is 18.2 Å². The Kier molecular flexibility index (Phi) is 6.98. The van der Waals surface area contributed by atoms with Crippen molar-refractivity contribution >= 4 is 18.4 Å². The predicted octanol–water partition coefficient (Wildman–Crippen LogP) is 1.82. The SMILES string of the molecule is COC(=O)c1ccc(-c2cccc(CC(N)CO)n2)cc1.Cl. The Morgan fingerprint density at radius 1 is 1.27 bits per heavy atom. The molecular formula is C16H19ClN2O3. The van der Waals surface area contributed by atoms with Gasteiger partial charge in [-0.3, -0.25) is 4.98 Å². The number of esters is 1. The van der Waals surface area contributed by atoms with Gasteiger partial charge in [0, 0.05) is 23.7 Å². The summed E-state index contributed by atoms with van der Waals surface area (Å²) in [5.41, 5.74) is 8.75. The van der Waals surface area contributed by atoms with Crippen molar-refractivity contribution in [2.45, 2.75) is 12.5 Å². The van der Waals surface area contributed by atoms with Crippen LogP contribution >= 0.6 is 12.4 Å². The second kappa shape index (κ2) is 8.48. The maximum absolute atomic E-state index is 11.4. The van der Waals surface area contributed by atoms with E-state index in [9.17, 15) is 4.79 Å². The maximum Gasteiger partial charge on any atom is 0.337 e. The number of pyridine rings is 1. The molecule has 22 heavy (non-hydrogen) atoms. The van der Waals surface area contributed by atoms with Crippen molar-refractivity contribution in [1.82, 2.24) is 4.98 Å². The third-order valence-corrected chi connectivity index (χ3v) is 3.11. The number of nitrogens with two attached hydrogens (primary N) is 1. The smallest absolute Gasteiger partial charge is 0.337 e. The normalized spacial score (nSPS) is 11.4. The van der Waals surface area contributed by atoms with Crippen molar-refractivity contribution in [2.24, 2.45) is 5.73 Å². The third kappa shape index (κ3) is 4.53. The molecule has 1 atom stereocenters. The molecule has 1 unspecified atom stereocenters. The molecule has 6 heteroatoms. The number of benzene rings is 1. The maximum atomic E-state index is 11.4. The Hall–Kier alpha value is -1.95. The summed E-state index contributed by atoms with van der Waals surface area (Å²) in [6, 6.07) is 12.4. The van der Waals surface area contributed by atoms with E-state index in [2.05, 4.69) is 9.72 Å². The first-order valence-corrected chi connectivity index (χ1v) is 6.65. The van der Waals surface area contributed by atoms with E-state index in [0.717, 1.165) is 17.0 Å². The minimum Gasteiger partial charge on any atom is -0.465 e. The highest BCUT2D eigenvalue weighted by atomic mass is 35.5. The summed E-state index contributed by atoms with van der Waals surface area (Å²) in [5.74, 6) is -0.364. The molecule has 0 saturated heterocycles. The Bertz CT molecular complexity index is 617. The van der Waals surface area contributed by atoms with Crippen LogP contribution in [-0.2, 0) is 11.2 Å². The van der Waals surface area contributed by atoms with E-state index in [0.29, 0.717) is 12.0 Å². The standard InChI is InChI=1S/C16H18N2O3.ClH/c1-21-16(20)12-7-5-11(6-8-12)15-4-2-3-14(18-15)9-13(17)10-19;/h2-8,13,19H,9-10,17H2,1H3;1H. The topological polar surface area (TPSA) is 85.4 Å². The van der Waals surface area contributed by atoms with Crippen molar-refractivity contribution < 1.29 is 14.6 Å². The van der Waals surface area contributed by atoms with Crippen molar-refractivity contribution in [2.75, 3.05) is 13.7 Å². The number of hydrogen-bond donors (Lipinski definition) is 2. The van der Waals surface area contributed by atoms with Crippen LogP contribution in [0.25, 0.3) is 11.3 Å². The molecule has 118 valence electrons. The van der Waals surface area contributed by atoms with Crippen LogP contribution in [0.1, 0.15) is 16.1 Å². The summed E-state index contributed by atoms with van der Waals surface area (Å²) in [7, 11) is 1.35. The Morgan fingerprint density at radius 2 is 1.95 bits per heavy atom. The fourth-order valence-corrected chi connectivity index (χ4v) is 1.98. The van der Waals surface area contributed by atoms with Gasteiger partial charge in [0.05, 0.1) is 25.0 Å². The molecule has 0 fully saturated rings. The van der Waals surface area contributed by atoms with Crippen molar-refractivity contribution in [1.29, 1.82) is 0 Å². The zero-order valence-electron chi connectivity index (χ0n) is 12.2. The van der Waals surface area contributed by atoms with Crippen LogP contribution in [0.3, 0.4) is 0 Å². The number of ether oxygens (including phenoxy) is 1. The molecule has 0 aliphatic carbocycles. The predicted molar refractivity (Wildman–Crippen MR) is 87.0 cm³/mol. The molecule has 0 aliphatic heterocycles. The lowest BCUT2D eigenvalue weighted by molar-refractivity contribution is 0.0601. The highest BCUT2D eigenvalue weighted by molar-refractivity contribution is 5.89. The lowest BCUT2D eigenvalue weighted by atomic mass is 10.1. The van der Waals surface area contributed by atoms with Crippen LogP contribution in [0.5, 0.6) is 0 Å². The molecule has 0 saturated carbocycles. The number of hydrogen-bond acceptors (Lipinski definition) is 5. The number of aromatic nitrogens is 1. The Morgan fingerprint density at radius 3 is 2.55 bits per heavy atom. The largest absolute Gasteiger partial charge is 0.465 e. The average molecular weight is 323 g/mol. The van der Waals surface area contributed by atoms with Crippen molar-refractivity contribution in [3.63, 3.8) is 0 Å². The van der Waals surface area contributed by atoms with Gasteiger partial charge in [-0.25, -0.2) is 4.79 Å². The van der Waals surface area contributed by atoms with Gasteiger partial charge in [0.1, 0.15) is 0 Å². The summed E-state index contributed by atoms with van der Waals surface area (Å²) in [6.07, 6.45) is 0.518. The Labute approximate surface area is 135 Å². The van der Waals surface area contributed by atoms with Gasteiger partial charge >= 0.3 is 5.97 Å². The molecule has 0 amide bonds. The molecule has 1 aromatic heterocycles. The first-order valence-electron chi connectivity index (χ1n) is 6.65. The van der Waals surface area contributed by atoms with Crippen molar-refractivity contribution in [3.05, 3.63) is 53.7 Å². The lowest BCUT2D eigenvalue weighted by Gasteiger charge is -2.09. The first-order chi connectivity index (χ1) is 10.1. The quantitative estimate of drug-likeness (QED) is 0.820. The van der Waals surface area contributed by atoms with E-state index in [1.165, 1.54) is 7.11 Å². The second-order valence-corrected chi connectivity index (χ2v) is 4.73. The zero-order chi connectivity index (χ0) is 15.2. The van der Waals surface area contributed by atoms with Gasteiger partial charge in [-0.05, 0) is 24.3 Å². The number of aliphatic hydroxyl groups is 1.